The second-order valence-electron chi connectivity index (χ2n) is 6.37. The predicted molar refractivity (Wildman–Crippen MR) is 127 cm³/mol. The molecule has 0 heterocycles. The molecule has 0 spiro atoms. The Labute approximate surface area is 194 Å². The van der Waals surface area contributed by atoms with E-state index in [-0.39, 0.29) is 40.8 Å². The molecule has 1 atom stereocenters. The number of guanidine groups is 1. The molecule has 0 fully saturated rings. The Morgan fingerprint density at radius 1 is 1.17 bits per heavy atom. The summed E-state index contributed by atoms with van der Waals surface area (Å²) in [5.74, 6) is 0.744. The summed E-state index contributed by atoms with van der Waals surface area (Å²) in [5.41, 5.74) is 0.845. The Balaban J connectivity index is 0.00000450. The van der Waals surface area contributed by atoms with E-state index in [0.29, 0.717) is 31.3 Å². The molecule has 0 saturated heterocycles. The fourth-order valence-electron chi connectivity index (χ4n) is 2.51. The van der Waals surface area contributed by atoms with Crippen molar-refractivity contribution in [2.75, 3.05) is 13.1 Å². The molecule has 0 radical (unpaired) electrons. The first-order chi connectivity index (χ1) is 13.8. The molecule has 7 nitrogen and oxygen atoms in total. The van der Waals surface area contributed by atoms with Gasteiger partial charge in [0.25, 0.3) is 0 Å². The normalized spacial score (nSPS) is 12.6. The van der Waals surface area contributed by atoms with E-state index < -0.39 is 10.0 Å². The zero-order valence-electron chi connectivity index (χ0n) is 17.0. The van der Waals surface area contributed by atoms with E-state index >= 15 is 0 Å². The number of halogens is 2. The molecule has 10 heteroatoms. The van der Waals surface area contributed by atoms with Crippen molar-refractivity contribution in [1.82, 2.24) is 10.6 Å². The van der Waals surface area contributed by atoms with E-state index in [1.54, 1.807) is 24.3 Å². The quantitative estimate of drug-likeness (QED) is 0.253. The van der Waals surface area contributed by atoms with Crippen molar-refractivity contribution in [3.05, 3.63) is 59.9 Å². The molecule has 0 aliphatic rings. The van der Waals surface area contributed by atoms with Crippen LogP contribution in [0.2, 0.25) is 0 Å². The van der Waals surface area contributed by atoms with Gasteiger partial charge < -0.3 is 15.4 Å². The van der Waals surface area contributed by atoms with Gasteiger partial charge >= 0.3 is 0 Å². The predicted octanol–water partition coefficient (Wildman–Crippen LogP) is 3.00. The monoisotopic (exact) mass is 550 g/mol. The van der Waals surface area contributed by atoms with Crippen LogP contribution in [0.25, 0.3) is 0 Å². The highest BCUT2D eigenvalue weighted by Crippen LogP contribution is 2.15. The van der Waals surface area contributed by atoms with Gasteiger partial charge in [0.2, 0.25) is 10.0 Å². The van der Waals surface area contributed by atoms with Gasteiger partial charge in [-0.15, -0.1) is 24.0 Å². The van der Waals surface area contributed by atoms with Crippen molar-refractivity contribution < 1.29 is 17.5 Å². The van der Waals surface area contributed by atoms with Crippen LogP contribution >= 0.6 is 24.0 Å². The number of nitrogens with one attached hydrogen (secondary N) is 2. The van der Waals surface area contributed by atoms with Crippen LogP contribution in [0.3, 0.4) is 0 Å². The third-order valence-corrected chi connectivity index (χ3v) is 5.00. The van der Waals surface area contributed by atoms with Gasteiger partial charge in [-0.05, 0) is 43.2 Å². The lowest BCUT2D eigenvalue weighted by Crippen LogP contribution is -2.42. The SMILES string of the molecule is CCNC(=NCc1ccc(S(N)(=O)=O)cc1)NCC(CC)Oc1cccc(F)c1.I. The molecule has 0 amide bonds. The number of primary sulfonamides is 1. The van der Waals surface area contributed by atoms with Crippen LogP contribution < -0.4 is 20.5 Å². The standard InChI is InChI=1S/C20H27FN4O3S.HI/c1-3-17(28-18-7-5-6-16(21)12-18)14-25-20(23-4-2)24-13-15-8-10-19(11-9-15)29(22,26)27;/h5-12,17H,3-4,13-14H2,1-2H3,(H2,22,26,27)(H2,23,24,25);1H. The van der Waals surface area contributed by atoms with E-state index in [1.807, 2.05) is 13.8 Å². The summed E-state index contributed by atoms with van der Waals surface area (Å²) in [7, 11) is -3.71. The Bertz CT molecular complexity index is 924. The summed E-state index contributed by atoms with van der Waals surface area (Å²) in [6.07, 6.45) is 0.576. The summed E-state index contributed by atoms with van der Waals surface area (Å²) >= 11 is 0. The molecule has 0 aliphatic carbocycles. The molecule has 166 valence electrons. The van der Waals surface area contributed by atoms with Crippen LogP contribution in [-0.2, 0) is 16.6 Å². The molecule has 2 rings (SSSR count). The smallest absolute Gasteiger partial charge is 0.238 e. The number of hydrogen-bond donors (Lipinski definition) is 3. The number of nitrogens with zero attached hydrogens (tertiary/aromatic N) is 1. The third kappa shape index (κ3) is 8.84. The number of benzene rings is 2. The summed E-state index contributed by atoms with van der Waals surface area (Å²) in [6, 6.07) is 12.3. The molecule has 0 aromatic heterocycles. The molecular weight excluding hydrogens is 522 g/mol. The molecule has 30 heavy (non-hydrogen) atoms. The Morgan fingerprint density at radius 2 is 1.87 bits per heavy atom. The molecule has 2 aromatic rings. The fourth-order valence-corrected chi connectivity index (χ4v) is 3.02. The highest BCUT2D eigenvalue weighted by molar-refractivity contribution is 14.0. The van der Waals surface area contributed by atoms with Crippen LogP contribution in [-0.4, -0.2) is 33.6 Å². The van der Waals surface area contributed by atoms with Crippen LogP contribution in [0.15, 0.2) is 58.4 Å². The van der Waals surface area contributed by atoms with Gasteiger partial charge in [-0.2, -0.15) is 0 Å². The summed E-state index contributed by atoms with van der Waals surface area (Å²) in [4.78, 5) is 4.57. The highest BCUT2D eigenvalue weighted by atomic mass is 127. The summed E-state index contributed by atoms with van der Waals surface area (Å²) < 4.78 is 41.8. The Hall–Kier alpha value is -1.92. The average molecular weight is 550 g/mol. The van der Waals surface area contributed by atoms with Crippen LogP contribution in [0.1, 0.15) is 25.8 Å². The molecule has 4 N–H and O–H groups in total. The first-order valence-electron chi connectivity index (χ1n) is 9.38. The van der Waals surface area contributed by atoms with Crippen molar-refractivity contribution in [3.8, 4) is 5.75 Å². The molecular formula is C20H28FIN4O3S. The van der Waals surface area contributed by atoms with Gasteiger partial charge in [-0.3, -0.25) is 0 Å². The number of nitrogens with two attached hydrogens (primary N) is 1. The maximum absolute atomic E-state index is 13.3. The fraction of sp³-hybridized carbons (Fsp3) is 0.350. The number of sulfonamides is 1. The molecule has 0 bridgehead atoms. The van der Waals surface area contributed by atoms with Crippen molar-refractivity contribution in [2.24, 2.45) is 10.1 Å². The van der Waals surface area contributed by atoms with Crippen molar-refractivity contribution in [1.29, 1.82) is 0 Å². The van der Waals surface area contributed by atoms with Gasteiger partial charge in [0.15, 0.2) is 5.96 Å². The van der Waals surface area contributed by atoms with Gasteiger partial charge in [0.1, 0.15) is 17.7 Å². The van der Waals surface area contributed by atoms with Crippen molar-refractivity contribution in [2.45, 2.75) is 37.8 Å². The average Bonchev–Trinajstić information content (AvgIpc) is 2.68. The molecule has 0 aliphatic heterocycles. The van der Waals surface area contributed by atoms with Crippen LogP contribution in [0.5, 0.6) is 5.75 Å². The van der Waals surface area contributed by atoms with E-state index in [0.717, 1.165) is 12.0 Å². The first kappa shape index (κ1) is 26.1. The zero-order chi connectivity index (χ0) is 21.3. The lowest BCUT2D eigenvalue weighted by atomic mass is 10.2. The molecule has 2 aromatic carbocycles. The van der Waals surface area contributed by atoms with Crippen molar-refractivity contribution in [3.63, 3.8) is 0 Å². The minimum Gasteiger partial charge on any atom is -0.489 e. The van der Waals surface area contributed by atoms with Crippen molar-refractivity contribution >= 4 is 40.0 Å². The lowest BCUT2D eigenvalue weighted by molar-refractivity contribution is 0.198. The minimum atomic E-state index is -3.71. The second-order valence-corrected chi connectivity index (χ2v) is 7.93. The number of aliphatic imine (C=N–C) groups is 1. The lowest BCUT2D eigenvalue weighted by Gasteiger charge is -2.20. The van der Waals surface area contributed by atoms with E-state index in [2.05, 4.69) is 15.6 Å². The zero-order valence-corrected chi connectivity index (χ0v) is 20.1. The topological polar surface area (TPSA) is 106 Å². The first-order valence-corrected chi connectivity index (χ1v) is 10.9. The minimum absolute atomic E-state index is 0. The number of rotatable bonds is 9. The van der Waals surface area contributed by atoms with Gasteiger partial charge in [0.05, 0.1) is 18.0 Å². The maximum Gasteiger partial charge on any atom is 0.238 e. The van der Waals surface area contributed by atoms with Crippen LogP contribution in [0.4, 0.5) is 4.39 Å². The summed E-state index contributed by atoms with van der Waals surface area (Å²) in [5, 5.41) is 11.5. The summed E-state index contributed by atoms with van der Waals surface area (Å²) in [6.45, 7) is 5.48. The largest absolute Gasteiger partial charge is 0.489 e. The van der Waals surface area contributed by atoms with Gasteiger partial charge in [-0.1, -0.05) is 25.1 Å². The second kappa shape index (κ2) is 12.7. The maximum atomic E-state index is 13.3. The Kier molecular flexibility index (Phi) is 11.1. The van der Waals surface area contributed by atoms with Gasteiger partial charge in [0, 0.05) is 12.6 Å². The third-order valence-electron chi connectivity index (χ3n) is 4.07. The van der Waals surface area contributed by atoms with E-state index in [1.165, 1.54) is 24.3 Å². The number of ether oxygens (including phenoxy) is 1. The van der Waals surface area contributed by atoms with E-state index in [9.17, 15) is 12.8 Å². The molecule has 0 saturated carbocycles. The van der Waals surface area contributed by atoms with Gasteiger partial charge in [-0.25, -0.2) is 22.9 Å². The van der Waals surface area contributed by atoms with E-state index in [4.69, 9.17) is 9.88 Å². The van der Waals surface area contributed by atoms with Crippen LogP contribution in [0, 0.1) is 5.82 Å². The highest BCUT2D eigenvalue weighted by Gasteiger charge is 2.10. The Morgan fingerprint density at radius 3 is 2.43 bits per heavy atom. The number of hydrogen-bond acceptors (Lipinski definition) is 4. The molecule has 1 unspecified atom stereocenters.